The minimum Gasteiger partial charge on any atom is -0.444 e. The van der Waals surface area contributed by atoms with E-state index >= 15 is 0 Å². The summed E-state index contributed by atoms with van der Waals surface area (Å²) in [6.45, 7) is 7.07. The van der Waals surface area contributed by atoms with Crippen LogP contribution < -0.4 is 0 Å². The number of aromatic nitrogens is 3. The average molecular weight is 338 g/mol. The number of rotatable bonds is 1. The number of aromatic amines is 1. The SMILES string of the molecule is CC(C)(C)OC(=O)N1CCC(c2cc[nH]c3cnc4nccc4c23)C1. The Morgan fingerprint density at radius 2 is 2.16 bits per heavy atom. The van der Waals surface area contributed by atoms with Gasteiger partial charge in [0.25, 0.3) is 0 Å². The fourth-order valence-corrected chi connectivity index (χ4v) is 3.53. The number of hydrogen-bond donors (Lipinski definition) is 1. The summed E-state index contributed by atoms with van der Waals surface area (Å²) in [4.78, 5) is 26.1. The van der Waals surface area contributed by atoms with Gasteiger partial charge in [-0.25, -0.2) is 14.8 Å². The molecule has 4 rings (SSSR count). The number of nitrogens with one attached hydrogen (secondary N) is 1. The number of likely N-dealkylation sites (tertiary alicyclic amines) is 1. The van der Waals surface area contributed by atoms with Crippen molar-refractivity contribution >= 4 is 28.0 Å². The van der Waals surface area contributed by atoms with Crippen LogP contribution in [0.4, 0.5) is 4.79 Å². The summed E-state index contributed by atoms with van der Waals surface area (Å²) in [7, 11) is 0. The molecule has 1 N–H and O–H groups in total. The van der Waals surface area contributed by atoms with E-state index in [0.717, 1.165) is 28.4 Å². The van der Waals surface area contributed by atoms with Crippen molar-refractivity contribution in [2.24, 2.45) is 0 Å². The maximum Gasteiger partial charge on any atom is 0.410 e. The molecule has 1 fully saturated rings. The van der Waals surface area contributed by atoms with Gasteiger partial charge in [0.15, 0.2) is 5.65 Å². The van der Waals surface area contributed by atoms with Gasteiger partial charge in [0, 0.05) is 42.2 Å². The number of hydrogen-bond acceptors (Lipinski definition) is 4. The second kappa shape index (κ2) is 5.72. The number of H-pyrrole nitrogens is 1. The van der Waals surface area contributed by atoms with Crippen LogP contribution in [0.3, 0.4) is 0 Å². The first-order valence-corrected chi connectivity index (χ1v) is 8.61. The van der Waals surface area contributed by atoms with E-state index in [1.54, 1.807) is 11.1 Å². The lowest BCUT2D eigenvalue weighted by molar-refractivity contribution is 0.0292. The van der Waals surface area contributed by atoms with Gasteiger partial charge in [0.1, 0.15) is 5.60 Å². The van der Waals surface area contributed by atoms with Gasteiger partial charge in [-0.05, 0) is 44.9 Å². The van der Waals surface area contributed by atoms with Crippen LogP contribution in [-0.2, 0) is 4.74 Å². The lowest BCUT2D eigenvalue weighted by Gasteiger charge is -2.24. The van der Waals surface area contributed by atoms with Crippen LogP contribution in [0.25, 0.3) is 21.9 Å². The van der Waals surface area contributed by atoms with E-state index in [4.69, 9.17) is 4.74 Å². The standard InChI is InChI=1S/C19H22N4O2/c1-19(2,3)25-18(24)23-9-6-12(11-23)13-4-7-20-15-10-22-17-14(16(13)15)5-8-21-17/h4-5,7-8,10,12,20H,6,9,11H2,1-3H3. The molecule has 6 nitrogen and oxygen atoms in total. The largest absolute Gasteiger partial charge is 0.444 e. The third kappa shape index (κ3) is 2.92. The fourth-order valence-electron chi connectivity index (χ4n) is 3.53. The van der Waals surface area contributed by atoms with Crippen molar-refractivity contribution in [3.8, 4) is 0 Å². The minimum absolute atomic E-state index is 0.233. The first-order chi connectivity index (χ1) is 11.9. The molecule has 3 aromatic heterocycles. The second-order valence-electron chi connectivity index (χ2n) is 7.57. The van der Waals surface area contributed by atoms with Crippen LogP contribution in [0.15, 0.2) is 30.7 Å². The Labute approximate surface area is 146 Å². The summed E-state index contributed by atoms with van der Waals surface area (Å²) in [5.41, 5.74) is 2.52. The average Bonchev–Trinajstić information content (AvgIpc) is 3.22. The Balaban J connectivity index is 1.67. The smallest absolute Gasteiger partial charge is 0.410 e. The summed E-state index contributed by atoms with van der Waals surface area (Å²) in [6.07, 6.45) is 6.25. The van der Waals surface area contributed by atoms with E-state index in [0.29, 0.717) is 13.1 Å². The third-order valence-corrected chi connectivity index (χ3v) is 4.60. The minimum atomic E-state index is -0.470. The lowest BCUT2D eigenvalue weighted by atomic mass is 9.94. The highest BCUT2D eigenvalue weighted by Gasteiger charge is 2.31. The first kappa shape index (κ1) is 15.9. The molecule has 3 aromatic rings. The summed E-state index contributed by atoms with van der Waals surface area (Å²) in [6, 6.07) is 4.11. The van der Waals surface area contributed by atoms with Crippen molar-refractivity contribution in [3.05, 3.63) is 36.3 Å². The van der Waals surface area contributed by atoms with Crippen molar-refractivity contribution in [3.63, 3.8) is 0 Å². The second-order valence-corrected chi connectivity index (χ2v) is 7.57. The topological polar surface area (TPSA) is 71.1 Å². The zero-order chi connectivity index (χ0) is 17.6. The van der Waals surface area contributed by atoms with Crippen LogP contribution in [-0.4, -0.2) is 44.6 Å². The van der Waals surface area contributed by atoms with Crippen LogP contribution in [0.5, 0.6) is 0 Å². The van der Waals surface area contributed by atoms with E-state index in [-0.39, 0.29) is 12.0 Å². The summed E-state index contributed by atoms with van der Waals surface area (Å²) >= 11 is 0. The number of nitrogens with zero attached hydrogens (tertiary/aromatic N) is 3. The number of ether oxygens (including phenoxy) is 1. The molecule has 130 valence electrons. The number of carbonyl (C=O) groups excluding carboxylic acids is 1. The Morgan fingerprint density at radius 1 is 1.32 bits per heavy atom. The van der Waals surface area contributed by atoms with Crippen molar-refractivity contribution in [1.29, 1.82) is 0 Å². The molecule has 0 aliphatic carbocycles. The number of pyridine rings is 2. The first-order valence-electron chi connectivity index (χ1n) is 8.61. The lowest BCUT2D eigenvalue weighted by Crippen LogP contribution is -2.35. The van der Waals surface area contributed by atoms with E-state index < -0.39 is 5.60 Å². The van der Waals surface area contributed by atoms with Gasteiger partial charge in [-0.2, -0.15) is 0 Å². The molecule has 0 bridgehead atoms. The van der Waals surface area contributed by atoms with Crippen molar-refractivity contribution < 1.29 is 9.53 Å². The Bertz CT molecular complexity index is 941. The molecule has 0 radical (unpaired) electrons. The molecule has 1 atom stereocenters. The fraction of sp³-hybridized carbons (Fsp3) is 0.421. The molecular formula is C19H22N4O2. The van der Waals surface area contributed by atoms with Gasteiger partial charge < -0.3 is 14.6 Å². The molecule has 1 amide bonds. The Morgan fingerprint density at radius 3 is 2.96 bits per heavy atom. The summed E-state index contributed by atoms with van der Waals surface area (Å²) in [5.74, 6) is 0.283. The quantitative estimate of drug-likeness (QED) is 0.732. The van der Waals surface area contributed by atoms with Crippen molar-refractivity contribution in [2.45, 2.75) is 38.7 Å². The maximum absolute atomic E-state index is 12.3. The van der Waals surface area contributed by atoms with Gasteiger partial charge in [-0.1, -0.05) is 0 Å². The summed E-state index contributed by atoms with van der Waals surface area (Å²) in [5, 5.41) is 2.21. The molecule has 1 aliphatic rings. The molecule has 4 heterocycles. The zero-order valence-electron chi connectivity index (χ0n) is 14.7. The Hall–Kier alpha value is -2.63. The monoisotopic (exact) mass is 338 g/mol. The normalized spacial score (nSPS) is 18.2. The van der Waals surface area contributed by atoms with Crippen LogP contribution in [0.1, 0.15) is 38.7 Å². The predicted octanol–water partition coefficient (Wildman–Crippen LogP) is 3.84. The van der Waals surface area contributed by atoms with E-state index in [1.165, 1.54) is 5.56 Å². The third-order valence-electron chi connectivity index (χ3n) is 4.60. The van der Waals surface area contributed by atoms with Crippen molar-refractivity contribution in [1.82, 2.24) is 19.9 Å². The molecule has 1 unspecified atom stereocenters. The van der Waals surface area contributed by atoms with E-state index in [1.807, 2.05) is 39.2 Å². The molecule has 0 aromatic carbocycles. The zero-order valence-corrected chi connectivity index (χ0v) is 14.7. The molecule has 25 heavy (non-hydrogen) atoms. The molecule has 0 saturated carbocycles. The highest BCUT2D eigenvalue weighted by atomic mass is 16.6. The molecule has 1 saturated heterocycles. The van der Waals surface area contributed by atoms with Crippen LogP contribution in [0.2, 0.25) is 0 Å². The van der Waals surface area contributed by atoms with Crippen molar-refractivity contribution in [2.75, 3.05) is 13.1 Å². The number of fused-ring (bicyclic) bond motifs is 3. The van der Waals surface area contributed by atoms with Crippen LogP contribution in [0, 0.1) is 0 Å². The van der Waals surface area contributed by atoms with E-state index in [2.05, 4.69) is 21.0 Å². The molecule has 6 heteroatoms. The van der Waals surface area contributed by atoms with Gasteiger partial charge in [0.05, 0.1) is 11.7 Å². The highest BCUT2D eigenvalue weighted by molar-refractivity contribution is 6.05. The number of amides is 1. The van der Waals surface area contributed by atoms with Gasteiger partial charge in [-0.15, -0.1) is 0 Å². The van der Waals surface area contributed by atoms with Gasteiger partial charge in [0.2, 0.25) is 0 Å². The van der Waals surface area contributed by atoms with Gasteiger partial charge in [-0.3, -0.25) is 0 Å². The molecular weight excluding hydrogens is 316 g/mol. The maximum atomic E-state index is 12.3. The van der Waals surface area contributed by atoms with Crippen LogP contribution >= 0.6 is 0 Å². The molecule has 0 spiro atoms. The number of carbonyl (C=O) groups is 1. The van der Waals surface area contributed by atoms with E-state index in [9.17, 15) is 4.79 Å². The summed E-state index contributed by atoms with van der Waals surface area (Å²) < 4.78 is 5.51. The Kier molecular flexibility index (Phi) is 3.63. The predicted molar refractivity (Wildman–Crippen MR) is 96.6 cm³/mol. The van der Waals surface area contributed by atoms with Gasteiger partial charge >= 0.3 is 6.09 Å². The highest BCUT2D eigenvalue weighted by Crippen LogP contribution is 2.35. The molecule has 1 aliphatic heterocycles.